The molecular formula is C18H24N2O2. The molecule has 1 aromatic rings. The zero-order valence-corrected chi connectivity index (χ0v) is 13.5. The topological polar surface area (TPSA) is 40.6 Å². The lowest BCUT2D eigenvalue weighted by molar-refractivity contribution is -0.136. The van der Waals surface area contributed by atoms with Crippen LogP contribution in [-0.2, 0) is 9.59 Å². The normalized spacial score (nSPS) is 22.3. The minimum absolute atomic E-state index is 0.0682. The summed E-state index contributed by atoms with van der Waals surface area (Å²) in [6.45, 7) is 6.35. The summed E-state index contributed by atoms with van der Waals surface area (Å²) < 4.78 is 0. The van der Waals surface area contributed by atoms with E-state index < -0.39 is 0 Å². The Labute approximate surface area is 132 Å². The summed E-state index contributed by atoms with van der Waals surface area (Å²) in [5.41, 5.74) is 3.31. The minimum atomic E-state index is -0.174. The van der Waals surface area contributed by atoms with E-state index in [4.69, 9.17) is 0 Å². The summed E-state index contributed by atoms with van der Waals surface area (Å²) in [7, 11) is 0. The average Bonchev–Trinajstić information content (AvgIpc) is 2.92. The molecule has 1 atom stereocenters. The molecule has 2 amide bonds. The predicted molar refractivity (Wildman–Crippen MR) is 86.8 cm³/mol. The van der Waals surface area contributed by atoms with Crippen molar-refractivity contribution in [2.45, 2.75) is 39.5 Å². The number of anilines is 1. The third-order valence-corrected chi connectivity index (χ3v) is 4.94. The fraction of sp³-hybridized carbons (Fsp3) is 0.556. The van der Waals surface area contributed by atoms with Crippen LogP contribution >= 0.6 is 0 Å². The molecule has 2 aliphatic heterocycles. The van der Waals surface area contributed by atoms with Crippen molar-refractivity contribution in [3.05, 3.63) is 29.3 Å². The summed E-state index contributed by atoms with van der Waals surface area (Å²) in [5, 5.41) is 0. The zero-order chi connectivity index (χ0) is 15.7. The standard InChI is InChI=1S/C18H24N2O2/c1-13-6-7-16(10-14(13)2)20-12-15(11-17(20)21)18(22)19-8-4-3-5-9-19/h6-7,10,15H,3-5,8-9,11-12H2,1-2H3/t15-/m1/s1. The predicted octanol–water partition coefficient (Wildman–Crippen LogP) is 2.67. The van der Waals surface area contributed by atoms with Crippen LogP contribution in [0.1, 0.15) is 36.8 Å². The van der Waals surface area contributed by atoms with E-state index in [1.54, 1.807) is 4.90 Å². The zero-order valence-electron chi connectivity index (χ0n) is 13.5. The Balaban J connectivity index is 1.72. The van der Waals surface area contributed by atoms with Crippen LogP contribution in [0.25, 0.3) is 0 Å². The number of aryl methyl sites for hydroxylation is 2. The molecular weight excluding hydrogens is 276 g/mol. The van der Waals surface area contributed by atoms with Crippen molar-refractivity contribution in [2.75, 3.05) is 24.5 Å². The van der Waals surface area contributed by atoms with Crippen LogP contribution in [0, 0.1) is 19.8 Å². The lowest BCUT2D eigenvalue weighted by Crippen LogP contribution is -2.40. The molecule has 2 aliphatic rings. The number of carbonyl (C=O) groups excluding carboxylic acids is 2. The van der Waals surface area contributed by atoms with Gasteiger partial charge in [-0.25, -0.2) is 0 Å². The maximum Gasteiger partial charge on any atom is 0.228 e. The van der Waals surface area contributed by atoms with Gasteiger partial charge in [-0.05, 0) is 56.4 Å². The molecule has 0 N–H and O–H groups in total. The number of benzene rings is 1. The van der Waals surface area contributed by atoms with E-state index in [1.807, 2.05) is 23.1 Å². The number of rotatable bonds is 2. The number of hydrogen-bond donors (Lipinski definition) is 0. The van der Waals surface area contributed by atoms with Crippen LogP contribution < -0.4 is 4.90 Å². The van der Waals surface area contributed by atoms with E-state index in [0.29, 0.717) is 13.0 Å². The summed E-state index contributed by atoms with van der Waals surface area (Å²) in [6.07, 6.45) is 3.74. The maximum absolute atomic E-state index is 12.6. The van der Waals surface area contributed by atoms with Crippen LogP contribution in [0.4, 0.5) is 5.69 Å². The third-order valence-electron chi connectivity index (χ3n) is 4.94. The van der Waals surface area contributed by atoms with Gasteiger partial charge in [-0.15, -0.1) is 0 Å². The molecule has 1 aromatic carbocycles. The van der Waals surface area contributed by atoms with Crippen LogP contribution in [0.3, 0.4) is 0 Å². The number of carbonyl (C=O) groups is 2. The Bertz CT molecular complexity index is 591. The van der Waals surface area contributed by atoms with Crippen molar-refractivity contribution >= 4 is 17.5 Å². The van der Waals surface area contributed by atoms with Crippen LogP contribution in [0.15, 0.2) is 18.2 Å². The largest absolute Gasteiger partial charge is 0.342 e. The molecule has 0 spiro atoms. The molecule has 0 unspecified atom stereocenters. The molecule has 0 bridgehead atoms. The van der Waals surface area contributed by atoms with E-state index in [1.165, 1.54) is 17.5 Å². The van der Waals surface area contributed by atoms with E-state index in [2.05, 4.69) is 13.8 Å². The Morgan fingerprint density at radius 3 is 2.50 bits per heavy atom. The average molecular weight is 300 g/mol. The number of nitrogens with zero attached hydrogens (tertiary/aromatic N) is 2. The molecule has 2 saturated heterocycles. The fourth-order valence-corrected chi connectivity index (χ4v) is 3.39. The van der Waals surface area contributed by atoms with Crippen molar-refractivity contribution in [2.24, 2.45) is 5.92 Å². The molecule has 3 rings (SSSR count). The summed E-state index contributed by atoms with van der Waals surface area (Å²) in [5.74, 6) is 0.0604. The van der Waals surface area contributed by atoms with Gasteiger partial charge >= 0.3 is 0 Å². The third kappa shape index (κ3) is 2.87. The van der Waals surface area contributed by atoms with Crippen LogP contribution in [0.5, 0.6) is 0 Å². The SMILES string of the molecule is Cc1ccc(N2C[C@H](C(=O)N3CCCCC3)CC2=O)cc1C. The lowest BCUT2D eigenvalue weighted by Gasteiger charge is -2.29. The molecule has 2 heterocycles. The highest BCUT2D eigenvalue weighted by atomic mass is 16.2. The molecule has 0 saturated carbocycles. The van der Waals surface area contributed by atoms with Gasteiger partial charge in [0.15, 0.2) is 0 Å². The highest BCUT2D eigenvalue weighted by Crippen LogP contribution is 2.28. The van der Waals surface area contributed by atoms with E-state index in [-0.39, 0.29) is 17.7 Å². The van der Waals surface area contributed by atoms with Gasteiger partial charge in [-0.1, -0.05) is 6.07 Å². The lowest BCUT2D eigenvalue weighted by atomic mass is 10.0. The van der Waals surface area contributed by atoms with E-state index in [9.17, 15) is 9.59 Å². The highest BCUT2D eigenvalue weighted by molar-refractivity contribution is 6.00. The van der Waals surface area contributed by atoms with Gasteiger partial charge in [0, 0.05) is 31.7 Å². The van der Waals surface area contributed by atoms with Crippen molar-refractivity contribution in [3.8, 4) is 0 Å². The number of piperidine rings is 1. The van der Waals surface area contributed by atoms with Crippen LogP contribution in [0.2, 0.25) is 0 Å². The Morgan fingerprint density at radius 2 is 1.82 bits per heavy atom. The first kappa shape index (κ1) is 15.1. The number of hydrogen-bond acceptors (Lipinski definition) is 2. The molecule has 4 nitrogen and oxygen atoms in total. The second kappa shape index (κ2) is 6.11. The van der Waals surface area contributed by atoms with Gasteiger partial charge in [-0.3, -0.25) is 9.59 Å². The fourth-order valence-electron chi connectivity index (χ4n) is 3.39. The molecule has 2 fully saturated rings. The first-order chi connectivity index (χ1) is 10.6. The van der Waals surface area contributed by atoms with Crippen molar-refractivity contribution in [1.29, 1.82) is 0 Å². The number of amides is 2. The molecule has 0 aliphatic carbocycles. The van der Waals surface area contributed by atoms with Gasteiger partial charge in [0.1, 0.15) is 0 Å². The van der Waals surface area contributed by atoms with E-state index >= 15 is 0 Å². The molecule has 4 heteroatoms. The molecule has 0 aromatic heterocycles. The summed E-state index contributed by atoms with van der Waals surface area (Å²) in [4.78, 5) is 28.6. The van der Waals surface area contributed by atoms with E-state index in [0.717, 1.165) is 31.6 Å². The maximum atomic E-state index is 12.6. The van der Waals surface area contributed by atoms with Crippen molar-refractivity contribution in [3.63, 3.8) is 0 Å². The minimum Gasteiger partial charge on any atom is -0.342 e. The van der Waals surface area contributed by atoms with Gasteiger partial charge in [0.05, 0.1) is 5.92 Å². The molecule has 118 valence electrons. The second-order valence-electron chi connectivity index (χ2n) is 6.56. The Morgan fingerprint density at radius 1 is 1.09 bits per heavy atom. The first-order valence-corrected chi connectivity index (χ1v) is 8.22. The van der Waals surface area contributed by atoms with Crippen molar-refractivity contribution in [1.82, 2.24) is 4.90 Å². The first-order valence-electron chi connectivity index (χ1n) is 8.22. The Hall–Kier alpha value is -1.84. The van der Waals surface area contributed by atoms with Crippen LogP contribution in [-0.4, -0.2) is 36.3 Å². The van der Waals surface area contributed by atoms with Crippen molar-refractivity contribution < 1.29 is 9.59 Å². The second-order valence-corrected chi connectivity index (χ2v) is 6.56. The smallest absolute Gasteiger partial charge is 0.228 e. The Kier molecular flexibility index (Phi) is 4.19. The molecule has 0 radical (unpaired) electrons. The summed E-state index contributed by atoms with van der Waals surface area (Å²) in [6, 6.07) is 6.06. The quantitative estimate of drug-likeness (QED) is 0.842. The van der Waals surface area contributed by atoms with Gasteiger partial charge < -0.3 is 9.80 Å². The number of likely N-dealkylation sites (tertiary alicyclic amines) is 1. The highest BCUT2D eigenvalue weighted by Gasteiger charge is 2.37. The molecule has 22 heavy (non-hydrogen) atoms. The monoisotopic (exact) mass is 300 g/mol. The summed E-state index contributed by atoms with van der Waals surface area (Å²) >= 11 is 0. The van der Waals surface area contributed by atoms with Gasteiger partial charge in [-0.2, -0.15) is 0 Å². The van der Waals surface area contributed by atoms with Gasteiger partial charge in [0.25, 0.3) is 0 Å². The van der Waals surface area contributed by atoms with Gasteiger partial charge in [0.2, 0.25) is 11.8 Å².